The minimum Gasteiger partial charge on any atom is -0.394 e. The summed E-state index contributed by atoms with van der Waals surface area (Å²) in [4.78, 5) is 25.2. The molecule has 6 fully saturated rings. The lowest BCUT2D eigenvalue weighted by Gasteiger charge is -2.51. The van der Waals surface area contributed by atoms with Crippen LogP contribution in [0.3, 0.4) is 0 Å². The maximum Gasteiger partial charge on any atom is 0.217 e. The number of carbonyl (C=O) groups excluding carboxylic acids is 2. The number of amides is 2. The van der Waals surface area contributed by atoms with Crippen molar-refractivity contribution in [3.63, 3.8) is 0 Å². The maximum absolute atomic E-state index is 12.8. The highest BCUT2D eigenvalue weighted by molar-refractivity contribution is 5.73. The van der Waals surface area contributed by atoms with Crippen LogP contribution < -0.4 is 10.6 Å². The van der Waals surface area contributed by atoms with Crippen molar-refractivity contribution in [3.05, 3.63) is 0 Å². The summed E-state index contributed by atoms with van der Waals surface area (Å²) >= 11 is 0. The molecule has 0 radical (unpaired) electrons. The maximum atomic E-state index is 12.8. The average molecular weight is 1060 g/mol. The molecule has 6 aliphatic heterocycles. The first-order valence-electron chi connectivity index (χ1n) is 23.0. The summed E-state index contributed by atoms with van der Waals surface area (Å²) in [5, 5.41) is 186. The van der Waals surface area contributed by atoms with Crippen LogP contribution in [0.25, 0.3) is 0 Å². The fourth-order valence-electron chi connectivity index (χ4n) is 9.15. The van der Waals surface area contributed by atoms with E-state index in [1.54, 1.807) is 0 Å². The van der Waals surface area contributed by atoms with Crippen molar-refractivity contribution in [3.8, 4) is 0 Å². The average Bonchev–Trinajstić information content (AvgIpc) is 3.34. The van der Waals surface area contributed by atoms with E-state index in [4.69, 9.17) is 52.1 Å². The van der Waals surface area contributed by atoms with E-state index < -0.39 is 229 Å². The molecular formula is C40H68N2O30. The number of aliphatic hydroxyl groups is 17. The first-order valence-corrected chi connectivity index (χ1v) is 23.0. The highest BCUT2D eigenvalue weighted by atomic mass is 16.8. The summed E-state index contributed by atoms with van der Waals surface area (Å²) in [6, 6.07) is -3.42. The molecule has 32 heteroatoms. The number of rotatable bonds is 17. The Morgan fingerprint density at radius 2 is 0.806 bits per heavy atom. The molecule has 6 rings (SSSR count). The van der Waals surface area contributed by atoms with Gasteiger partial charge in [-0.3, -0.25) is 9.59 Å². The van der Waals surface area contributed by atoms with Crippen molar-refractivity contribution in [2.75, 3.05) is 33.0 Å². The lowest BCUT2D eigenvalue weighted by Crippen LogP contribution is -2.71. The summed E-state index contributed by atoms with van der Waals surface area (Å²) in [7, 11) is 0. The van der Waals surface area contributed by atoms with Gasteiger partial charge in [-0.1, -0.05) is 0 Å². The minimum absolute atomic E-state index is 0.768. The van der Waals surface area contributed by atoms with E-state index >= 15 is 0 Å². The summed E-state index contributed by atoms with van der Waals surface area (Å²) in [6.07, 6.45) is -52.0. The topological polar surface area (TPSA) is 504 Å². The van der Waals surface area contributed by atoms with E-state index in [0.717, 1.165) is 13.8 Å². The Bertz CT molecular complexity index is 1730. The predicted octanol–water partition coefficient (Wildman–Crippen LogP) is -12.8. The molecular weight excluding hydrogens is 988 g/mol. The molecule has 6 saturated heterocycles. The molecule has 6 aliphatic rings. The summed E-state index contributed by atoms with van der Waals surface area (Å²) in [5.41, 5.74) is 0. The lowest BCUT2D eigenvalue weighted by molar-refractivity contribution is -0.387. The molecule has 418 valence electrons. The van der Waals surface area contributed by atoms with Crippen LogP contribution >= 0.6 is 0 Å². The van der Waals surface area contributed by atoms with Crippen LogP contribution in [0.1, 0.15) is 20.8 Å². The number of ether oxygens (including phenoxy) is 11. The zero-order valence-corrected chi connectivity index (χ0v) is 38.8. The van der Waals surface area contributed by atoms with Crippen LogP contribution in [0.4, 0.5) is 0 Å². The molecule has 30 atom stereocenters. The Hall–Kier alpha value is -2.18. The molecule has 32 nitrogen and oxygen atoms in total. The van der Waals surface area contributed by atoms with E-state index in [2.05, 4.69) is 10.6 Å². The number of carbonyl (C=O) groups is 2. The number of nitrogens with one attached hydrogen (secondary N) is 2. The second-order valence-corrected chi connectivity index (χ2v) is 18.3. The standard InChI is InChI=1S/C40H68N2O30/c1-9-19(49)24(54)28(58)38(63-9)71-33-18(42-11(3)48)35(61)64-15(7-46)32(33)70-36-17(41-10(2)47)23(53)31(14(6-45)67-36)69-40-30(60)34(72-39-29(59)26(56)21(51)13(5-44)66-39)22(52)16(68-40)8-62-37-27(57)25(55)20(50)12(4-43)65-37/h9,12-40,43-46,49-61H,4-8H2,1-3H3,(H,41,47)(H,42,48)/t9-,12+,13+,14+,15+,16+,17+,18+,19+,20+,21+,22+,23+,24+,25-,26-,27-,28-,29-,30-,31+,32+,33+,34-,35+,36-,37-,38-,39+,40-/m0/s1. The molecule has 0 bridgehead atoms. The van der Waals surface area contributed by atoms with E-state index in [1.165, 1.54) is 6.92 Å². The van der Waals surface area contributed by atoms with Gasteiger partial charge in [-0.2, -0.15) is 0 Å². The van der Waals surface area contributed by atoms with Gasteiger partial charge in [0.25, 0.3) is 0 Å². The summed E-state index contributed by atoms with van der Waals surface area (Å²) < 4.78 is 63.4. The second-order valence-electron chi connectivity index (χ2n) is 18.3. The van der Waals surface area contributed by atoms with Gasteiger partial charge >= 0.3 is 0 Å². The Balaban J connectivity index is 1.29. The molecule has 0 aromatic carbocycles. The van der Waals surface area contributed by atoms with Crippen molar-refractivity contribution in [1.82, 2.24) is 10.6 Å². The molecule has 0 aliphatic carbocycles. The fraction of sp³-hybridized carbons (Fsp3) is 0.950. The molecule has 0 saturated carbocycles. The van der Waals surface area contributed by atoms with Gasteiger partial charge in [0, 0.05) is 13.8 Å². The number of hydrogen-bond donors (Lipinski definition) is 19. The third kappa shape index (κ3) is 12.6. The van der Waals surface area contributed by atoms with Crippen LogP contribution in [0.5, 0.6) is 0 Å². The zero-order valence-electron chi connectivity index (χ0n) is 38.8. The van der Waals surface area contributed by atoms with Gasteiger partial charge in [0.05, 0.1) is 39.1 Å². The van der Waals surface area contributed by atoms with Crippen LogP contribution in [-0.2, 0) is 61.7 Å². The molecule has 0 spiro atoms. The van der Waals surface area contributed by atoms with Crippen molar-refractivity contribution in [2.45, 2.75) is 205 Å². The number of hydrogen-bond acceptors (Lipinski definition) is 30. The Labute approximate surface area is 408 Å². The van der Waals surface area contributed by atoms with Gasteiger partial charge in [-0.25, -0.2) is 0 Å². The predicted molar refractivity (Wildman–Crippen MR) is 221 cm³/mol. The van der Waals surface area contributed by atoms with E-state index in [1.807, 2.05) is 0 Å². The SMILES string of the molecule is CC(=O)N[C@@H]1[C@@H](O[C@@H]2O[C@@H](C)[C@@H](O)[C@@H](O)[C@@H]2O)[C@H](O[C@@H]2O[C@H](CO)[C@@H](O[C@@H]3O[C@H](CO[C@H]4O[C@H](CO)[C@@H](O)[C@H](O)[C@@H]4O)[C@@H](O)[C@H](O[C@H]4O[C@H](CO)[C@@H](O)[C@H](O)[C@@H]4O)[C@@H]3O)[C@H](O)[C@H]2NC(C)=O)[C@@H](CO)O[C@H]1O. The third-order valence-corrected chi connectivity index (χ3v) is 13.2. The third-order valence-electron chi connectivity index (χ3n) is 13.2. The molecule has 0 aromatic rings. The van der Waals surface area contributed by atoms with Gasteiger partial charge in [0.2, 0.25) is 11.8 Å². The molecule has 19 N–H and O–H groups in total. The highest BCUT2D eigenvalue weighted by Crippen LogP contribution is 2.37. The molecule has 2 amide bonds. The Morgan fingerprint density at radius 1 is 0.389 bits per heavy atom. The Morgan fingerprint density at radius 3 is 1.36 bits per heavy atom. The van der Waals surface area contributed by atoms with Gasteiger partial charge in [-0.05, 0) is 6.92 Å². The van der Waals surface area contributed by atoms with Crippen LogP contribution in [-0.4, -0.2) is 316 Å². The van der Waals surface area contributed by atoms with Crippen LogP contribution in [0, 0.1) is 0 Å². The molecule has 72 heavy (non-hydrogen) atoms. The smallest absolute Gasteiger partial charge is 0.217 e. The number of aliphatic hydroxyl groups excluding tert-OH is 17. The minimum atomic E-state index is -2.24. The first-order chi connectivity index (χ1) is 34.0. The first kappa shape index (κ1) is 59.1. The zero-order chi connectivity index (χ0) is 53.2. The van der Waals surface area contributed by atoms with Gasteiger partial charge in [0.15, 0.2) is 37.7 Å². The monoisotopic (exact) mass is 1060 g/mol. The lowest BCUT2D eigenvalue weighted by atomic mass is 9.93. The van der Waals surface area contributed by atoms with E-state index in [0.29, 0.717) is 0 Å². The molecule has 0 unspecified atom stereocenters. The fourth-order valence-corrected chi connectivity index (χ4v) is 9.15. The second kappa shape index (κ2) is 25.3. The van der Waals surface area contributed by atoms with Crippen molar-refractivity contribution < 1.29 is 149 Å². The van der Waals surface area contributed by atoms with E-state index in [9.17, 15) is 96.4 Å². The van der Waals surface area contributed by atoms with Crippen molar-refractivity contribution >= 4 is 11.8 Å². The van der Waals surface area contributed by atoms with Crippen molar-refractivity contribution in [1.29, 1.82) is 0 Å². The van der Waals surface area contributed by atoms with Crippen LogP contribution in [0.2, 0.25) is 0 Å². The highest BCUT2D eigenvalue weighted by Gasteiger charge is 2.58. The quantitative estimate of drug-likeness (QED) is 0.0643. The van der Waals surface area contributed by atoms with Gasteiger partial charge < -0.3 is 150 Å². The summed E-state index contributed by atoms with van der Waals surface area (Å²) in [6.45, 7) is -1.30. The molecule has 0 aromatic heterocycles. The van der Waals surface area contributed by atoms with Gasteiger partial charge in [-0.15, -0.1) is 0 Å². The van der Waals surface area contributed by atoms with E-state index in [-0.39, 0.29) is 0 Å². The van der Waals surface area contributed by atoms with Crippen molar-refractivity contribution in [2.24, 2.45) is 0 Å². The molecule has 6 heterocycles. The summed E-state index contributed by atoms with van der Waals surface area (Å²) in [5.74, 6) is -1.62. The van der Waals surface area contributed by atoms with Crippen LogP contribution in [0.15, 0.2) is 0 Å². The Kier molecular flexibility index (Phi) is 20.8. The largest absolute Gasteiger partial charge is 0.394 e. The van der Waals surface area contributed by atoms with Gasteiger partial charge in [0.1, 0.15) is 140 Å². The normalized spacial score (nSPS) is 50.3.